The number of carbonyl (C=O) groups excluding carboxylic acids is 2. The second-order valence-electron chi connectivity index (χ2n) is 7.63. The lowest BCUT2D eigenvalue weighted by Crippen LogP contribution is -2.20. The molecule has 0 radical (unpaired) electrons. The van der Waals surface area contributed by atoms with Gasteiger partial charge in [0.05, 0.1) is 13.3 Å². The van der Waals surface area contributed by atoms with Gasteiger partial charge < -0.3 is 14.8 Å². The first kappa shape index (κ1) is 26.1. The Labute approximate surface area is 214 Å². The summed E-state index contributed by atoms with van der Waals surface area (Å²) < 4.78 is 11.2. The number of hydrogen-bond acceptors (Lipinski definition) is 5. The van der Waals surface area contributed by atoms with E-state index in [1.165, 1.54) is 6.21 Å². The van der Waals surface area contributed by atoms with Gasteiger partial charge in [0.15, 0.2) is 11.5 Å². The highest BCUT2D eigenvalue weighted by molar-refractivity contribution is 6.31. The van der Waals surface area contributed by atoms with Crippen LogP contribution in [0.25, 0.3) is 0 Å². The lowest BCUT2D eigenvalue weighted by molar-refractivity contribution is -0.124. The number of aryl methyl sites for hydroxylation is 1. The molecule has 182 valence electrons. The summed E-state index contributed by atoms with van der Waals surface area (Å²) in [5.74, 6) is 0.433. The van der Waals surface area contributed by atoms with Crippen molar-refractivity contribution in [1.82, 2.24) is 5.43 Å². The number of rotatable bonds is 10. The van der Waals surface area contributed by atoms with Gasteiger partial charge in [-0.1, -0.05) is 41.4 Å². The summed E-state index contributed by atoms with van der Waals surface area (Å²) in [6, 6.07) is 17.9. The minimum atomic E-state index is -0.381. The molecule has 35 heavy (non-hydrogen) atoms. The van der Waals surface area contributed by atoms with E-state index < -0.39 is 0 Å². The number of carbonyl (C=O) groups is 2. The van der Waals surface area contributed by atoms with Crippen molar-refractivity contribution in [2.45, 2.75) is 26.4 Å². The number of anilines is 1. The molecule has 0 bridgehead atoms. The van der Waals surface area contributed by atoms with Gasteiger partial charge in [-0.3, -0.25) is 9.59 Å². The van der Waals surface area contributed by atoms with Gasteiger partial charge in [0, 0.05) is 28.6 Å². The summed E-state index contributed by atoms with van der Waals surface area (Å²) in [5.41, 5.74) is 5.59. The Morgan fingerprint density at radius 1 is 0.943 bits per heavy atom. The van der Waals surface area contributed by atoms with Crippen molar-refractivity contribution in [2.75, 3.05) is 12.4 Å². The third kappa shape index (κ3) is 8.31. The van der Waals surface area contributed by atoms with Gasteiger partial charge in [0.25, 0.3) is 0 Å². The molecule has 2 N–H and O–H groups in total. The fourth-order valence-corrected chi connectivity index (χ4v) is 3.29. The number of benzene rings is 3. The monoisotopic (exact) mass is 513 g/mol. The third-order valence-electron chi connectivity index (χ3n) is 4.93. The van der Waals surface area contributed by atoms with E-state index in [0.717, 1.165) is 11.1 Å². The normalized spacial score (nSPS) is 10.7. The molecule has 0 unspecified atom stereocenters. The highest BCUT2D eigenvalue weighted by atomic mass is 35.5. The molecule has 0 heterocycles. The molecule has 2 amide bonds. The molecular weight excluding hydrogens is 489 g/mol. The Kier molecular flexibility index (Phi) is 9.52. The van der Waals surface area contributed by atoms with E-state index in [0.29, 0.717) is 39.4 Å². The predicted octanol–water partition coefficient (Wildman–Crippen LogP) is 5.76. The molecule has 0 spiro atoms. The van der Waals surface area contributed by atoms with Gasteiger partial charge in [0.1, 0.15) is 6.61 Å². The van der Waals surface area contributed by atoms with E-state index in [-0.39, 0.29) is 24.7 Å². The van der Waals surface area contributed by atoms with Crippen LogP contribution in [0.4, 0.5) is 5.69 Å². The topological polar surface area (TPSA) is 89.0 Å². The Hall–Kier alpha value is -3.55. The number of methoxy groups -OCH3 is 1. The molecule has 0 saturated carbocycles. The smallest absolute Gasteiger partial charge is 0.240 e. The maximum atomic E-state index is 12.1. The standard InChI is InChI=1S/C26H25Cl2N3O4/c1-17-3-9-21(14-22(17)28)30-25(32)11-12-26(33)31-29-15-19-6-10-23(24(13-19)34-2)35-16-18-4-7-20(27)8-5-18/h3-10,13-15H,11-12,16H2,1-2H3,(H,30,32)(H,31,33). The molecule has 3 aromatic rings. The Morgan fingerprint density at radius 2 is 1.69 bits per heavy atom. The molecule has 0 saturated heterocycles. The molecule has 0 aromatic heterocycles. The number of halogens is 2. The van der Waals surface area contributed by atoms with Crippen LogP contribution in [0.1, 0.15) is 29.5 Å². The predicted molar refractivity (Wildman–Crippen MR) is 139 cm³/mol. The summed E-state index contributed by atoms with van der Waals surface area (Å²) in [6.07, 6.45) is 1.49. The highest BCUT2D eigenvalue weighted by Crippen LogP contribution is 2.28. The highest BCUT2D eigenvalue weighted by Gasteiger charge is 2.09. The average Bonchev–Trinajstić information content (AvgIpc) is 2.85. The van der Waals surface area contributed by atoms with E-state index in [9.17, 15) is 9.59 Å². The summed E-state index contributed by atoms with van der Waals surface area (Å²) in [5, 5.41) is 7.89. The number of ether oxygens (including phenoxy) is 2. The first-order chi connectivity index (χ1) is 16.8. The van der Waals surface area contributed by atoms with Crippen molar-refractivity contribution in [3.05, 3.63) is 87.4 Å². The van der Waals surface area contributed by atoms with Crippen molar-refractivity contribution in [3.63, 3.8) is 0 Å². The Morgan fingerprint density at radius 3 is 2.40 bits per heavy atom. The van der Waals surface area contributed by atoms with Crippen molar-refractivity contribution < 1.29 is 19.1 Å². The van der Waals surface area contributed by atoms with Gasteiger partial charge in [0.2, 0.25) is 11.8 Å². The van der Waals surface area contributed by atoms with Crippen LogP contribution >= 0.6 is 23.2 Å². The molecule has 3 aromatic carbocycles. The lowest BCUT2D eigenvalue weighted by atomic mass is 10.2. The average molecular weight is 514 g/mol. The van der Waals surface area contributed by atoms with Gasteiger partial charge in [-0.05, 0) is 66.1 Å². The van der Waals surface area contributed by atoms with Crippen molar-refractivity contribution in [2.24, 2.45) is 5.10 Å². The van der Waals surface area contributed by atoms with Crippen molar-refractivity contribution in [3.8, 4) is 11.5 Å². The van der Waals surface area contributed by atoms with Crippen LogP contribution in [0.3, 0.4) is 0 Å². The second-order valence-corrected chi connectivity index (χ2v) is 8.47. The minimum absolute atomic E-state index is 0.0104. The molecule has 0 aliphatic rings. The molecule has 3 rings (SSSR count). The van der Waals surface area contributed by atoms with Crippen LogP contribution in [-0.4, -0.2) is 25.1 Å². The van der Waals surface area contributed by atoms with Crippen LogP contribution in [0.15, 0.2) is 65.8 Å². The van der Waals surface area contributed by atoms with Crippen LogP contribution in [-0.2, 0) is 16.2 Å². The van der Waals surface area contributed by atoms with Crippen LogP contribution in [0.5, 0.6) is 11.5 Å². The fourth-order valence-electron chi connectivity index (χ4n) is 2.98. The van der Waals surface area contributed by atoms with E-state index in [2.05, 4.69) is 15.8 Å². The van der Waals surface area contributed by atoms with Crippen molar-refractivity contribution in [1.29, 1.82) is 0 Å². The lowest BCUT2D eigenvalue weighted by Gasteiger charge is -2.11. The zero-order chi connectivity index (χ0) is 25.2. The molecule has 0 atom stereocenters. The molecule has 0 aliphatic carbocycles. The second kappa shape index (κ2) is 12.8. The van der Waals surface area contributed by atoms with E-state index >= 15 is 0 Å². The molecule has 0 aliphatic heterocycles. The van der Waals surface area contributed by atoms with Gasteiger partial charge >= 0.3 is 0 Å². The number of amides is 2. The number of hydrogen-bond donors (Lipinski definition) is 2. The van der Waals surface area contributed by atoms with Crippen LogP contribution in [0.2, 0.25) is 10.0 Å². The SMILES string of the molecule is COc1cc(C=NNC(=O)CCC(=O)Nc2ccc(C)c(Cl)c2)ccc1OCc1ccc(Cl)cc1. The minimum Gasteiger partial charge on any atom is -0.493 e. The maximum absolute atomic E-state index is 12.1. The number of nitrogens with one attached hydrogen (secondary N) is 2. The summed E-state index contributed by atoms with van der Waals surface area (Å²) >= 11 is 12.0. The summed E-state index contributed by atoms with van der Waals surface area (Å²) in [4.78, 5) is 24.1. The summed E-state index contributed by atoms with van der Waals surface area (Å²) in [7, 11) is 1.54. The zero-order valence-electron chi connectivity index (χ0n) is 19.3. The Balaban J connectivity index is 1.46. The Bertz CT molecular complexity index is 1210. The maximum Gasteiger partial charge on any atom is 0.240 e. The number of nitrogens with zero attached hydrogens (tertiary/aromatic N) is 1. The van der Waals surface area contributed by atoms with E-state index in [1.54, 1.807) is 49.6 Å². The molecule has 9 heteroatoms. The van der Waals surface area contributed by atoms with Crippen LogP contribution in [0, 0.1) is 6.92 Å². The fraction of sp³-hybridized carbons (Fsp3) is 0.192. The van der Waals surface area contributed by atoms with Gasteiger partial charge in [-0.25, -0.2) is 5.43 Å². The summed E-state index contributed by atoms with van der Waals surface area (Å²) in [6.45, 7) is 2.24. The van der Waals surface area contributed by atoms with Gasteiger partial charge in [-0.15, -0.1) is 0 Å². The van der Waals surface area contributed by atoms with E-state index in [4.69, 9.17) is 32.7 Å². The molecular formula is C26H25Cl2N3O4. The molecule has 0 fully saturated rings. The van der Waals surface area contributed by atoms with Crippen LogP contribution < -0.4 is 20.2 Å². The largest absolute Gasteiger partial charge is 0.493 e. The molecule has 7 nitrogen and oxygen atoms in total. The van der Waals surface area contributed by atoms with Crippen molar-refractivity contribution >= 4 is 46.9 Å². The quantitative estimate of drug-likeness (QED) is 0.266. The first-order valence-electron chi connectivity index (χ1n) is 10.8. The first-order valence-corrected chi connectivity index (χ1v) is 11.5. The zero-order valence-corrected chi connectivity index (χ0v) is 20.8. The van der Waals surface area contributed by atoms with E-state index in [1.807, 2.05) is 25.1 Å². The number of hydrazone groups is 1. The third-order valence-corrected chi connectivity index (χ3v) is 5.59. The van der Waals surface area contributed by atoms with Gasteiger partial charge in [-0.2, -0.15) is 5.10 Å².